The van der Waals surface area contributed by atoms with Crippen LogP contribution in [0.4, 0.5) is 4.39 Å². The maximum atomic E-state index is 12.9. The van der Waals surface area contributed by atoms with Gasteiger partial charge >= 0.3 is 5.97 Å². The predicted molar refractivity (Wildman–Crippen MR) is 76.2 cm³/mol. The molecule has 0 saturated carbocycles. The number of aliphatic carboxylic acids is 1. The number of halogens is 1. The number of carboxylic acid groups (broad SMARTS) is 1. The molecule has 4 nitrogen and oxygen atoms in total. The van der Waals surface area contributed by atoms with Crippen LogP contribution in [-0.4, -0.2) is 23.5 Å². The van der Waals surface area contributed by atoms with E-state index in [1.165, 1.54) is 12.1 Å². The molecule has 0 aromatic heterocycles. The largest absolute Gasteiger partial charge is 0.480 e. The summed E-state index contributed by atoms with van der Waals surface area (Å²) in [5, 5.41) is 11.2. The van der Waals surface area contributed by atoms with Gasteiger partial charge in [-0.1, -0.05) is 36.4 Å². The molecule has 2 N–H and O–H groups in total. The highest BCUT2D eigenvalue weighted by atomic mass is 19.1. The Labute approximate surface area is 121 Å². The van der Waals surface area contributed by atoms with E-state index in [9.17, 15) is 14.0 Å². The second-order valence-electron chi connectivity index (χ2n) is 4.58. The topological polar surface area (TPSA) is 66.4 Å². The van der Waals surface area contributed by atoms with E-state index in [1.807, 2.05) is 12.1 Å². The van der Waals surface area contributed by atoms with Crippen molar-refractivity contribution in [3.05, 3.63) is 59.9 Å². The van der Waals surface area contributed by atoms with Crippen molar-refractivity contribution < 1.29 is 19.1 Å². The van der Waals surface area contributed by atoms with Gasteiger partial charge in [0.15, 0.2) is 0 Å². The molecule has 2 aromatic carbocycles. The Morgan fingerprint density at radius 1 is 1.10 bits per heavy atom. The molecule has 0 fully saturated rings. The molecule has 1 amide bonds. The highest BCUT2D eigenvalue weighted by molar-refractivity contribution is 5.76. The second kappa shape index (κ2) is 6.65. The Kier molecular flexibility index (Phi) is 4.66. The average molecular weight is 287 g/mol. The van der Waals surface area contributed by atoms with Crippen molar-refractivity contribution in [3.63, 3.8) is 0 Å². The first-order valence-corrected chi connectivity index (χ1v) is 6.37. The van der Waals surface area contributed by atoms with Crippen molar-refractivity contribution in [2.45, 2.75) is 12.5 Å². The summed E-state index contributed by atoms with van der Waals surface area (Å²) in [6.07, 6.45) is 0.587. The molecule has 0 heterocycles. The van der Waals surface area contributed by atoms with Gasteiger partial charge in [-0.25, -0.2) is 9.18 Å². The van der Waals surface area contributed by atoms with Crippen LogP contribution in [0.2, 0.25) is 0 Å². The van der Waals surface area contributed by atoms with Gasteiger partial charge in [-0.15, -0.1) is 0 Å². The third-order valence-corrected chi connectivity index (χ3v) is 3.14. The van der Waals surface area contributed by atoms with Crippen LogP contribution < -0.4 is 5.32 Å². The van der Waals surface area contributed by atoms with E-state index in [4.69, 9.17) is 5.11 Å². The summed E-state index contributed by atoms with van der Waals surface area (Å²) in [4.78, 5) is 21.3. The van der Waals surface area contributed by atoms with Crippen LogP contribution in [0, 0.1) is 5.82 Å². The number of hydrogen-bond acceptors (Lipinski definition) is 2. The van der Waals surface area contributed by atoms with Crippen molar-refractivity contribution in [3.8, 4) is 11.1 Å². The summed E-state index contributed by atoms with van der Waals surface area (Å²) in [6, 6.07) is 12.4. The summed E-state index contributed by atoms with van der Waals surface area (Å²) in [6.45, 7) is 0. The zero-order valence-corrected chi connectivity index (χ0v) is 11.1. The molecule has 0 bridgehead atoms. The molecule has 0 aliphatic heterocycles. The number of amides is 1. The fourth-order valence-electron chi connectivity index (χ4n) is 2.01. The number of carbonyl (C=O) groups excluding carboxylic acids is 1. The van der Waals surface area contributed by atoms with E-state index < -0.39 is 12.0 Å². The fraction of sp³-hybridized carbons (Fsp3) is 0.125. The van der Waals surface area contributed by atoms with Crippen LogP contribution in [0.1, 0.15) is 5.56 Å². The van der Waals surface area contributed by atoms with Crippen molar-refractivity contribution in [1.82, 2.24) is 5.32 Å². The minimum atomic E-state index is -1.08. The van der Waals surface area contributed by atoms with Crippen LogP contribution in [0.25, 0.3) is 11.1 Å². The summed E-state index contributed by atoms with van der Waals surface area (Å²) in [5.74, 6) is -1.37. The highest BCUT2D eigenvalue weighted by Crippen LogP contribution is 2.20. The predicted octanol–water partition coefficient (Wildman–Crippen LogP) is 2.23. The monoisotopic (exact) mass is 287 g/mol. The minimum absolute atomic E-state index is 0.206. The lowest BCUT2D eigenvalue weighted by Crippen LogP contribution is -2.37. The number of nitrogens with one attached hydrogen (secondary N) is 1. The van der Waals surface area contributed by atoms with Gasteiger partial charge in [-0.3, -0.25) is 4.79 Å². The van der Waals surface area contributed by atoms with E-state index in [2.05, 4.69) is 5.32 Å². The molecular formula is C16H14FNO3. The average Bonchev–Trinajstić information content (AvgIpc) is 2.48. The van der Waals surface area contributed by atoms with Gasteiger partial charge in [0.2, 0.25) is 6.41 Å². The van der Waals surface area contributed by atoms with Gasteiger partial charge in [0.05, 0.1) is 0 Å². The van der Waals surface area contributed by atoms with Crippen LogP contribution in [0.15, 0.2) is 48.5 Å². The maximum absolute atomic E-state index is 12.9. The van der Waals surface area contributed by atoms with Crippen LogP contribution in [-0.2, 0) is 16.0 Å². The van der Waals surface area contributed by atoms with E-state index in [0.29, 0.717) is 6.41 Å². The normalized spacial score (nSPS) is 11.7. The molecule has 0 aliphatic carbocycles. The van der Waals surface area contributed by atoms with E-state index in [1.54, 1.807) is 24.3 Å². The first kappa shape index (κ1) is 14.7. The molecule has 5 heteroatoms. The Morgan fingerprint density at radius 2 is 1.62 bits per heavy atom. The molecular weight excluding hydrogens is 273 g/mol. The zero-order chi connectivity index (χ0) is 15.2. The minimum Gasteiger partial charge on any atom is -0.480 e. The van der Waals surface area contributed by atoms with E-state index >= 15 is 0 Å². The summed E-state index contributed by atoms with van der Waals surface area (Å²) in [7, 11) is 0. The summed E-state index contributed by atoms with van der Waals surface area (Å²) < 4.78 is 12.9. The van der Waals surface area contributed by atoms with Crippen molar-refractivity contribution in [2.75, 3.05) is 0 Å². The molecule has 2 rings (SSSR count). The molecule has 0 saturated heterocycles. The van der Waals surface area contributed by atoms with Crippen molar-refractivity contribution in [1.29, 1.82) is 0 Å². The fourth-order valence-corrected chi connectivity index (χ4v) is 2.01. The highest BCUT2D eigenvalue weighted by Gasteiger charge is 2.16. The molecule has 0 aliphatic rings. The summed E-state index contributed by atoms with van der Waals surface area (Å²) >= 11 is 0. The zero-order valence-electron chi connectivity index (χ0n) is 11.1. The molecule has 2 aromatic rings. The standard InChI is InChI=1S/C16H14FNO3/c17-14-7-5-13(6-8-14)12-3-1-11(2-4-12)9-15(16(20)21)18-10-19/h1-8,10,15H,9H2,(H,18,19)(H,20,21). The maximum Gasteiger partial charge on any atom is 0.326 e. The van der Waals surface area contributed by atoms with Crippen LogP contribution in [0.3, 0.4) is 0 Å². The lowest BCUT2D eigenvalue weighted by atomic mass is 10.0. The van der Waals surface area contributed by atoms with Gasteiger partial charge < -0.3 is 10.4 Å². The van der Waals surface area contributed by atoms with Gasteiger partial charge in [0.25, 0.3) is 0 Å². The molecule has 21 heavy (non-hydrogen) atoms. The van der Waals surface area contributed by atoms with Gasteiger partial charge in [-0.2, -0.15) is 0 Å². The summed E-state index contributed by atoms with van der Waals surface area (Å²) in [5.41, 5.74) is 2.58. The smallest absolute Gasteiger partial charge is 0.326 e. The molecule has 1 atom stereocenters. The van der Waals surface area contributed by atoms with E-state index in [-0.39, 0.29) is 12.2 Å². The van der Waals surface area contributed by atoms with Crippen LogP contribution in [0.5, 0.6) is 0 Å². The van der Waals surface area contributed by atoms with Gasteiger partial charge in [0, 0.05) is 6.42 Å². The quantitative estimate of drug-likeness (QED) is 0.801. The molecule has 0 spiro atoms. The Balaban J connectivity index is 2.13. The Morgan fingerprint density at radius 3 is 2.10 bits per heavy atom. The SMILES string of the molecule is O=CNC(Cc1ccc(-c2ccc(F)cc2)cc1)C(=O)O. The molecule has 0 radical (unpaired) electrons. The van der Waals surface area contributed by atoms with Gasteiger partial charge in [0.1, 0.15) is 11.9 Å². The number of carboxylic acids is 1. The molecule has 1 unspecified atom stereocenters. The van der Waals surface area contributed by atoms with Crippen molar-refractivity contribution >= 4 is 12.4 Å². The number of carbonyl (C=O) groups is 2. The second-order valence-corrected chi connectivity index (χ2v) is 4.58. The molecule has 108 valence electrons. The Bertz CT molecular complexity index is 623. The van der Waals surface area contributed by atoms with Crippen molar-refractivity contribution in [2.24, 2.45) is 0 Å². The first-order valence-electron chi connectivity index (χ1n) is 6.37. The van der Waals surface area contributed by atoms with Crippen LogP contribution >= 0.6 is 0 Å². The third-order valence-electron chi connectivity index (χ3n) is 3.14. The number of rotatable bonds is 6. The number of benzene rings is 2. The number of hydrogen-bond donors (Lipinski definition) is 2. The van der Waals surface area contributed by atoms with Gasteiger partial charge in [-0.05, 0) is 28.8 Å². The Hall–Kier alpha value is -2.69. The first-order chi connectivity index (χ1) is 10.1. The third kappa shape index (κ3) is 3.89. The van der Waals surface area contributed by atoms with E-state index in [0.717, 1.165) is 16.7 Å². The lowest BCUT2D eigenvalue weighted by Gasteiger charge is -2.11. The lowest BCUT2D eigenvalue weighted by molar-refractivity contribution is -0.140.